The van der Waals surface area contributed by atoms with Crippen LogP contribution in [0.15, 0.2) is 96.1 Å². The Morgan fingerprint density at radius 2 is 1.70 bits per heavy atom. The van der Waals surface area contributed by atoms with Crippen LogP contribution < -0.4 is 19.6 Å². The first-order valence-corrected chi connectivity index (χ1v) is 12.2. The van der Waals surface area contributed by atoms with Crippen molar-refractivity contribution in [2.45, 2.75) is 0 Å². The molecule has 0 aliphatic heterocycles. The van der Waals surface area contributed by atoms with Crippen LogP contribution in [0.25, 0.3) is 22.0 Å². The summed E-state index contributed by atoms with van der Waals surface area (Å²) in [6.07, 6.45) is 1.43. The Balaban J connectivity index is 1.34. The minimum Gasteiger partial charge on any atom is -0.497 e. The van der Waals surface area contributed by atoms with E-state index in [1.54, 1.807) is 48.5 Å². The van der Waals surface area contributed by atoms with E-state index in [1.807, 2.05) is 30.3 Å². The number of aromatic amines is 1. The van der Waals surface area contributed by atoms with Gasteiger partial charge in [-0.15, -0.1) is 0 Å². The van der Waals surface area contributed by atoms with E-state index in [0.717, 1.165) is 5.56 Å². The number of methoxy groups -OCH3 is 2. The standard InChI is InChI=1S/C31H24FN3O5/c1-38-23-10-6-9-21(16-23)31(37)40-26-14-11-19(15-27(26)39-2)18-33-35-30(36)29-28(20-7-4-3-5-8-20)24-17-22(32)12-13-25(24)34-29/h3-18,34H,1-2H3,(H,35,36). The Kier molecular flexibility index (Phi) is 7.54. The van der Waals surface area contributed by atoms with Crippen molar-refractivity contribution in [3.63, 3.8) is 0 Å². The van der Waals surface area contributed by atoms with E-state index in [9.17, 15) is 14.0 Å². The molecule has 0 fully saturated rings. The van der Waals surface area contributed by atoms with Gasteiger partial charge in [0.2, 0.25) is 0 Å². The maximum absolute atomic E-state index is 14.0. The minimum atomic E-state index is -0.571. The summed E-state index contributed by atoms with van der Waals surface area (Å²) in [5.74, 6) is -0.420. The number of nitrogens with one attached hydrogen (secondary N) is 2. The third kappa shape index (κ3) is 5.53. The van der Waals surface area contributed by atoms with E-state index in [0.29, 0.717) is 39.1 Å². The van der Waals surface area contributed by atoms with Gasteiger partial charge in [0.05, 0.1) is 26.0 Å². The maximum atomic E-state index is 14.0. The van der Waals surface area contributed by atoms with E-state index in [-0.39, 0.29) is 11.4 Å². The molecule has 0 saturated heterocycles. The summed E-state index contributed by atoms with van der Waals surface area (Å²) in [6, 6.07) is 25.0. The van der Waals surface area contributed by atoms with Crippen molar-refractivity contribution in [1.82, 2.24) is 10.4 Å². The molecule has 5 aromatic rings. The van der Waals surface area contributed by atoms with Gasteiger partial charge >= 0.3 is 5.97 Å². The van der Waals surface area contributed by atoms with Gasteiger partial charge in [0.1, 0.15) is 17.3 Å². The Labute approximate surface area is 229 Å². The van der Waals surface area contributed by atoms with Crippen molar-refractivity contribution in [2.24, 2.45) is 5.10 Å². The predicted octanol–water partition coefficient (Wildman–Crippen LogP) is 5.97. The number of carbonyl (C=O) groups excluding carboxylic acids is 2. The number of rotatable bonds is 8. The summed E-state index contributed by atoms with van der Waals surface area (Å²) in [6.45, 7) is 0. The van der Waals surface area contributed by atoms with Crippen molar-refractivity contribution in [1.29, 1.82) is 0 Å². The molecule has 8 nitrogen and oxygen atoms in total. The van der Waals surface area contributed by atoms with Gasteiger partial charge in [-0.25, -0.2) is 14.6 Å². The lowest BCUT2D eigenvalue weighted by Crippen LogP contribution is -2.18. The molecule has 0 aliphatic rings. The van der Waals surface area contributed by atoms with Crippen LogP contribution in [-0.4, -0.2) is 37.3 Å². The monoisotopic (exact) mass is 537 g/mol. The van der Waals surface area contributed by atoms with Crippen molar-refractivity contribution < 1.29 is 28.2 Å². The van der Waals surface area contributed by atoms with Crippen LogP contribution in [0.4, 0.5) is 4.39 Å². The number of benzene rings is 4. The molecule has 0 spiro atoms. The van der Waals surface area contributed by atoms with E-state index in [1.165, 1.54) is 32.6 Å². The molecule has 9 heteroatoms. The fraction of sp³-hybridized carbons (Fsp3) is 0.0645. The van der Waals surface area contributed by atoms with Crippen LogP contribution in [0.2, 0.25) is 0 Å². The summed E-state index contributed by atoms with van der Waals surface area (Å²) in [7, 11) is 2.96. The molecule has 1 heterocycles. The lowest BCUT2D eigenvalue weighted by Gasteiger charge is -2.10. The smallest absolute Gasteiger partial charge is 0.343 e. The second-order valence-corrected chi connectivity index (χ2v) is 8.66. The Morgan fingerprint density at radius 1 is 0.875 bits per heavy atom. The van der Waals surface area contributed by atoms with E-state index in [4.69, 9.17) is 14.2 Å². The third-order valence-electron chi connectivity index (χ3n) is 6.13. The first kappa shape index (κ1) is 26.2. The summed E-state index contributed by atoms with van der Waals surface area (Å²) in [5.41, 5.74) is 5.64. The molecule has 5 rings (SSSR count). The van der Waals surface area contributed by atoms with Gasteiger partial charge in [-0.05, 0) is 65.7 Å². The number of aromatic nitrogens is 1. The average Bonchev–Trinajstić information content (AvgIpc) is 3.37. The lowest BCUT2D eigenvalue weighted by molar-refractivity contribution is 0.0729. The highest BCUT2D eigenvalue weighted by Gasteiger charge is 2.19. The normalized spacial score (nSPS) is 11.0. The number of ether oxygens (including phenoxy) is 3. The molecule has 4 aromatic carbocycles. The number of H-pyrrole nitrogens is 1. The zero-order valence-corrected chi connectivity index (χ0v) is 21.6. The molecule has 0 atom stereocenters. The molecule has 40 heavy (non-hydrogen) atoms. The second-order valence-electron chi connectivity index (χ2n) is 8.66. The van der Waals surface area contributed by atoms with E-state index < -0.39 is 17.7 Å². The zero-order valence-electron chi connectivity index (χ0n) is 21.6. The number of esters is 1. The highest BCUT2D eigenvalue weighted by Crippen LogP contribution is 2.33. The Bertz CT molecular complexity index is 1730. The number of hydrazone groups is 1. The van der Waals surface area contributed by atoms with Gasteiger partial charge in [0.25, 0.3) is 5.91 Å². The summed E-state index contributed by atoms with van der Waals surface area (Å²) < 4.78 is 30.1. The highest BCUT2D eigenvalue weighted by molar-refractivity contribution is 6.09. The number of amides is 1. The van der Waals surface area contributed by atoms with Crippen LogP contribution in [0, 0.1) is 5.82 Å². The SMILES string of the molecule is COc1cccc(C(=O)Oc2ccc(C=NNC(=O)c3[nH]c4ccc(F)cc4c3-c3ccccc3)cc2OC)c1. The molecule has 200 valence electrons. The van der Waals surface area contributed by atoms with Crippen molar-refractivity contribution in [3.05, 3.63) is 114 Å². The van der Waals surface area contributed by atoms with Gasteiger partial charge in [-0.3, -0.25) is 4.79 Å². The van der Waals surface area contributed by atoms with E-state index >= 15 is 0 Å². The van der Waals surface area contributed by atoms with Gasteiger partial charge in [-0.1, -0.05) is 36.4 Å². The number of nitrogens with zero attached hydrogens (tertiary/aromatic N) is 1. The fourth-order valence-electron chi connectivity index (χ4n) is 4.22. The molecule has 2 N–H and O–H groups in total. The van der Waals surface area contributed by atoms with Crippen molar-refractivity contribution >= 4 is 29.0 Å². The third-order valence-corrected chi connectivity index (χ3v) is 6.13. The van der Waals surface area contributed by atoms with Crippen molar-refractivity contribution in [2.75, 3.05) is 14.2 Å². The molecule has 1 aromatic heterocycles. The van der Waals surface area contributed by atoms with Crippen LogP contribution in [0.3, 0.4) is 0 Å². The van der Waals surface area contributed by atoms with Crippen LogP contribution in [0.1, 0.15) is 26.4 Å². The molecular formula is C31H24FN3O5. The zero-order chi connectivity index (χ0) is 28.1. The quantitative estimate of drug-likeness (QED) is 0.110. The molecule has 0 bridgehead atoms. The Morgan fingerprint density at radius 3 is 2.48 bits per heavy atom. The molecule has 0 unspecified atom stereocenters. The predicted molar refractivity (Wildman–Crippen MR) is 150 cm³/mol. The lowest BCUT2D eigenvalue weighted by atomic mass is 10.0. The fourth-order valence-corrected chi connectivity index (χ4v) is 4.22. The van der Waals surface area contributed by atoms with Gasteiger partial charge in [-0.2, -0.15) is 5.10 Å². The first-order chi connectivity index (χ1) is 19.5. The number of fused-ring (bicyclic) bond motifs is 1. The first-order valence-electron chi connectivity index (χ1n) is 12.2. The second kappa shape index (κ2) is 11.5. The summed E-state index contributed by atoms with van der Waals surface area (Å²) >= 11 is 0. The topological polar surface area (TPSA) is 102 Å². The van der Waals surface area contributed by atoms with Gasteiger partial charge in [0.15, 0.2) is 11.5 Å². The minimum absolute atomic E-state index is 0.217. The number of hydrogen-bond acceptors (Lipinski definition) is 6. The van der Waals surface area contributed by atoms with Gasteiger partial charge in [0, 0.05) is 16.5 Å². The summed E-state index contributed by atoms with van der Waals surface area (Å²) in [5, 5.41) is 4.66. The molecular weight excluding hydrogens is 513 g/mol. The molecule has 0 aliphatic carbocycles. The molecule has 1 amide bonds. The maximum Gasteiger partial charge on any atom is 0.343 e. The Hall–Kier alpha value is -5.44. The highest BCUT2D eigenvalue weighted by atomic mass is 19.1. The molecule has 0 saturated carbocycles. The van der Waals surface area contributed by atoms with E-state index in [2.05, 4.69) is 15.5 Å². The average molecular weight is 538 g/mol. The number of carbonyl (C=O) groups is 2. The summed E-state index contributed by atoms with van der Waals surface area (Å²) in [4.78, 5) is 28.8. The van der Waals surface area contributed by atoms with Crippen LogP contribution in [0.5, 0.6) is 17.2 Å². The number of halogens is 1. The largest absolute Gasteiger partial charge is 0.497 e. The number of hydrogen-bond donors (Lipinski definition) is 2. The van der Waals surface area contributed by atoms with Gasteiger partial charge < -0.3 is 19.2 Å². The van der Waals surface area contributed by atoms with Crippen molar-refractivity contribution in [3.8, 4) is 28.4 Å². The van der Waals surface area contributed by atoms with Crippen LogP contribution >= 0.6 is 0 Å². The molecule has 0 radical (unpaired) electrons. The van der Waals surface area contributed by atoms with Crippen LogP contribution in [-0.2, 0) is 0 Å².